The molecule has 2 rings (SSSR count). The van der Waals surface area contributed by atoms with Crippen molar-refractivity contribution in [2.75, 3.05) is 6.61 Å². The van der Waals surface area contributed by atoms with E-state index in [4.69, 9.17) is 10.5 Å². The maximum atomic E-state index is 5.95. The van der Waals surface area contributed by atoms with Crippen molar-refractivity contribution in [3.8, 4) is 5.88 Å². The Morgan fingerprint density at radius 2 is 2.19 bits per heavy atom. The van der Waals surface area contributed by atoms with E-state index in [0.717, 1.165) is 5.56 Å². The third-order valence-corrected chi connectivity index (χ3v) is 3.51. The molecule has 6 heteroatoms. The molecule has 0 unspecified atom stereocenters. The van der Waals surface area contributed by atoms with E-state index in [2.05, 4.69) is 15.3 Å². The number of halogens is 1. The van der Waals surface area contributed by atoms with Crippen LogP contribution < -0.4 is 15.8 Å². The summed E-state index contributed by atoms with van der Waals surface area (Å²) in [5, 5.41) is 3.31. The highest BCUT2D eigenvalue weighted by molar-refractivity contribution is 14.0. The topological polar surface area (TPSA) is 72.5 Å². The molecule has 0 radical (unpaired) electrons. The standard InChI is InChI=1S/C15H24N4O.HI/c1-2-20-14-12(7-6-10-17-14)11-18-15(16)19-13-8-4-3-5-9-13;/h6-7,10,13H,2-5,8-9,11H2,1H3,(H3,16,18,19);1H. The van der Waals surface area contributed by atoms with Crippen LogP contribution in [0.4, 0.5) is 0 Å². The molecule has 0 atom stereocenters. The molecule has 1 aliphatic carbocycles. The van der Waals surface area contributed by atoms with Gasteiger partial charge in [-0.25, -0.2) is 9.98 Å². The summed E-state index contributed by atoms with van der Waals surface area (Å²) in [4.78, 5) is 8.60. The Balaban J connectivity index is 0.00000220. The second-order valence-electron chi connectivity index (χ2n) is 5.08. The molecule has 3 N–H and O–H groups in total. The molecule has 1 fully saturated rings. The van der Waals surface area contributed by atoms with Crippen molar-refractivity contribution in [3.05, 3.63) is 23.9 Å². The maximum Gasteiger partial charge on any atom is 0.218 e. The van der Waals surface area contributed by atoms with E-state index < -0.39 is 0 Å². The van der Waals surface area contributed by atoms with Gasteiger partial charge in [-0.15, -0.1) is 24.0 Å². The number of rotatable bonds is 5. The van der Waals surface area contributed by atoms with E-state index in [0.29, 0.717) is 31.0 Å². The fraction of sp³-hybridized carbons (Fsp3) is 0.600. The molecule has 0 amide bonds. The highest BCUT2D eigenvalue weighted by Crippen LogP contribution is 2.17. The molecule has 1 saturated carbocycles. The second kappa shape index (κ2) is 9.81. The molecular formula is C15H25IN4O. The van der Waals surface area contributed by atoms with Gasteiger partial charge in [0.1, 0.15) is 0 Å². The highest BCUT2D eigenvalue weighted by Gasteiger charge is 2.13. The van der Waals surface area contributed by atoms with Crippen molar-refractivity contribution in [1.82, 2.24) is 10.3 Å². The number of aromatic nitrogens is 1. The summed E-state index contributed by atoms with van der Waals surface area (Å²) in [6.45, 7) is 3.04. The van der Waals surface area contributed by atoms with Crippen LogP contribution in [0, 0.1) is 0 Å². The Hall–Kier alpha value is -1.05. The number of nitrogens with one attached hydrogen (secondary N) is 1. The second-order valence-corrected chi connectivity index (χ2v) is 5.08. The van der Waals surface area contributed by atoms with Crippen LogP contribution in [0.5, 0.6) is 5.88 Å². The van der Waals surface area contributed by atoms with Crippen LogP contribution in [-0.2, 0) is 6.54 Å². The lowest BCUT2D eigenvalue weighted by molar-refractivity contribution is 0.323. The molecular weight excluding hydrogens is 379 g/mol. The lowest BCUT2D eigenvalue weighted by Gasteiger charge is -2.23. The van der Waals surface area contributed by atoms with E-state index in [1.54, 1.807) is 6.20 Å². The summed E-state index contributed by atoms with van der Waals surface area (Å²) in [5.41, 5.74) is 6.91. The lowest BCUT2D eigenvalue weighted by Crippen LogP contribution is -2.41. The number of hydrogen-bond donors (Lipinski definition) is 2. The maximum absolute atomic E-state index is 5.95. The number of guanidine groups is 1. The number of nitrogens with zero attached hydrogens (tertiary/aromatic N) is 2. The van der Waals surface area contributed by atoms with Gasteiger partial charge in [0.15, 0.2) is 5.96 Å². The number of pyridine rings is 1. The van der Waals surface area contributed by atoms with Crippen molar-refractivity contribution in [2.45, 2.75) is 51.6 Å². The van der Waals surface area contributed by atoms with Crippen LogP contribution >= 0.6 is 24.0 Å². The van der Waals surface area contributed by atoms with Crippen molar-refractivity contribution < 1.29 is 4.74 Å². The summed E-state index contributed by atoms with van der Waals surface area (Å²) in [6.07, 6.45) is 8.00. The molecule has 0 aliphatic heterocycles. The minimum atomic E-state index is 0. The van der Waals surface area contributed by atoms with Crippen LogP contribution in [0.25, 0.3) is 0 Å². The normalized spacial score (nSPS) is 16.1. The molecule has 118 valence electrons. The van der Waals surface area contributed by atoms with Gasteiger partial charge in [0.25, 0.3) is 0 Å². The van der Waals surface area contributed by atoms with Gasteiger partial charge in [-0.2, -0.15) is 0 Å². The zero-order valence-corrected chi connectivity index (χ0v) is 14.9. The molecule has 0 bridgehead atoms. The monoisotopic (exact) mass is 404 g/mol. The van der Waals surface area contributed by atoms with Gasteiger partial charge < -0.3 is 15.8 Å². The van der Waals surface area contributed by atoms with Gasteiger partial charge in [-0.3, -0.25) is 0 Å². The fourth-order valence-corrected chi connectivity index (χ4v) is 2.48. The molecule has 1 aliphatic rings. The molecule has 21 heavy (non-hydrogen) atoms. The minimum Gasteiger partial charge on any atom is -0.478 e. The summed E-state index contributed by atoms with van der Waals surface area (Å²) in [6, 6.07) is 4.33. The molecule has 1 heterocycles. The smallest absolute Gasteiger partial charge is 0.218 e. The van der Waals surface area contributed by atoms with Crippen LogP contribution in [0.1, 0.15) is 44.6 Å². The van der Waals surface area contributed by atoms with Crippen molar-refractivity contribution in [1.29, 1.82) is 0 Å². The average Bonchev–Trinajstić information content (AvgIpc) is 2.48. The lowest BCUT2D eigenvalue weighted by atomic mass is 9.96. The Bertz CT molecular complexity index is 447. The number of nitrogens with two attached hydrogens (primary N) is 1. The SMILES string of the molecule is CCOc1ncccc1CN=C(N)NC1CCCCC1.I. The first kappa shape index (κ1) is 18.0. The van der Waals surface area contributed by atoms with Crippen molar-refractivity contribution in [3.63, 3.8) is 0 Å². The van der Waals surface area contributed by atoms with Gasteiger partial charge in [0.2, 0.25) is 5.88 Å². The predicted molar refractivity (Wildman–Crippen MR) is 96.2 cm³/mol. The molecule has 5 nitrogen and oxygen atoms in total. The fourth-order valence-electron chi connectivity index (χ4n) is 2.48. The first-order valence-corrected chi connectivity index (χ1v) is 7.42. The van der Waals surface area contributed by atoms with Gasteiger partial charge in [-0.1, -0.05) is 25.3 Å². The van der Waals surface area contributed by atoms with Crippen molar-refractivity contribution >= 4 is 29.9 Å². The summed E-state index contributed by atoms with van der Waals surface area (Å²) in [7, 11) is 0. The predicted octanol–water partition coefficient (Wildman–Crippen LogP) is 2.84. The average molecular weight is 404 g/mol. The molecule has 0 aromatic carbocycles. The van der Waals surface area contributed by atoms with E-state index in [9.17, 15) is 0 Å². The van der Waals surface area contributed by atoms with Gasteiger partial charge >= 0.3 is 0 Å². The van der Waals surface area contributed by atoms with Crippen LogP contribution in [0.2, 0.25) is 0 Å². The first-order valence-electron chi connectivity index (χ1n) is 7.42. The largest absolute Gasteiger partial charge is 0.478 e. The van der Waals surface area contributed by atoms with Crippen molar-refractivity contribution in [2.24, 2.45) is 10.7 Å². The third-order valence-electron chi connectivity index (χ3n) is 3.51. The van der Waals surface area contributed by atoms with Crippen LogP contribution in [0.3, 0.4) is 0 Å². The Labute approximate surface area is 143 Å². The Kier molecular flexibility index (Phi) is 8.41. The molecule has 0 spiro atoms. The van der Waals surface area contributed by atoms with E-state index in [1.165, 1.54) is 32.1 Å². The van der Waals surface area contributed by atoms with E-state index >= 15 is 0 Å². The highest BCUT2D eigenvalue weighted by atomic mass is 127. The Morgan fingerprint density at radius 3 is 2.90 bits per heavy atom. The van der Waals surface area contributed by atoms with E-state index in [1.807, 2.05) is 19.1 Å². The van der Waals surface area contributed by atoms with Gasteiger partial charge in [0, 0.05) is 17.8 Å². The summed E-state index contributed by atoms with van der Waals surface area (Å²) < 4.78 is 5.48. The van der Waals surface area contributed by atoms with Crippen LogP contribution in [0.15, 0.2) is 23.3 Å². The summed E-state index contributed by atoms with van der Waals surface area (Å²) >= 11 is 0. The zero-order valence-electron chi connectivity index (χ0n) is 12.5. The molecule has 1 aromatic heterocycles. The van der Waals surface area contributed by atoms with Crippen LogP contribution in [-0.4, -0.2) is 23.6 Å². The molecule has 1 aromatic rings. The molecule has 0 saturated heterocycles. The number of aliphatic imine (C=N–C) groups is 1. The first-order chi connectivity index (χ1) is 9.79. The third kappa shape index (κ3) is 6.07. The minimum absolute atomic E-state index is 0. The zero-order chi connectivity index (χ0) is 14.2. The summed E-state index contributed by atoms with van der Waals surface area (Å²) in [5.74, 6) is 1.16. The Morgan fingerprint density at radius 1 is 1.43 bits per heavy atom. The number of ether oxygens (including phenoxy) is 1. The van der Waals surface area contributed by atoms with Gasteiger partial charge in [-0.05, 0) is 25.8 Å². The quantitative estimate of drug-likeness (QED) is 0.450. The van der Waals surface area contributed by atoms with E-state index in [-0.39, 0.29) is 24.0 Å². The van der Waals surface area contributed by atoms with Gasteiger partial charge in [0.05, 0.1) is 13.2 Å². The number of hydrogen-bond acceptors (Lipinski definition) is 3.